The fourth-order valence-electron chi connectivity index (χ4n) is 2.59. The molecule has 0 aromatic carbocycles. The number of aryl methyl sites for hydroxylation is 1. The van der Waals surface area contributed by atoms with Gasteiger partial charge < -0.3 is 9.67 Å². The Morgan fingerprint density at radius 2 is 2.14 bits per heavy atom. The third-order valence-corrected chi connectivity index (χ3v) is 5.65. The molecule has 2 rings (SSSR count). The van der Waals surface area contributed by atoms with Crippen molar-refractivity contribution in [3.05, 3.63) is 12.2 Å². The number of aliphatic hydroxyl groups is 1. The second-order valence-electron chi connectivity index (χ2n) is 5.41. The van der Waals surface area contributed by atoms with Crippen LogP contribution in [0.15, 0.2) is 6.33 Å². The summed E-state index contributed by atoms with van der Waals surface area (Å²) in [4.78, 5) is 0. The summed E-state index contributed by atoms with van der Waals surface area (Å²) in [6, 6.07) is -0.786. The van der Waals surface area contributed by atoms with Crippen LogP contribution in [0.5, 0.6) is 0 Å². The molecule has 0 spiro atoms. The predicted molar refractivity (Wildman–Crippen MR) is 77.5 cm³/mol. The van der Waals surface area contributed by atoms with E-state index in [1.807, 2.05) is 0 Å². The van der Waals surface area contributed by atoms with Gasteiger partial charge in [-0.3, -0.25) is 0 Å². The Balaban J connectivity index is 2.05. The Kier molecular flexibility index (Phi) is 5.31. The van der Waals surface area contributed by atoms with E-state index in [4.69, 9.17) is 0 Å². The van der Waals surface area contributed by atoms with Crippen molar-refractivity contribution in [1.29, 1.82) is 0 Å². The van der Waals surface area contributed by atoms with Gasteiger partial charge in [0.15, 0.2) is 5.82 Å². The summed E-state index contributed by atoms with van der Waals surface area (Å²) >= 11 is 0. The zero-order valence-electron chi connectivity index (χ0n) is 12.4. The number of piperidine rings is 1. The van der Waals surface area contributed by atoms with Crippen LogP contribution in [0.1, 0.15) is 38.1 Å². The van der Waals surface area contributed by atoms with Crippen molar-refractivity contribution in [3.8, 4) is 0 Å². The van der Waals surface area contributed by atoms with Crippen LogP contribution in [-0.4, -0.2) is 52.3 Å². The summed E-state index contributed by atoms with van der Waals surface area (Å²) in [5.41, 5.74) is 0. The first-order valence-corrected chi connectivity index (χ1v) is 8.64. The molecule has 1 aromatic heterocycles. The smallest absolute Gasteiger partial charge is 0.280 e. The van der Waals surface area contributed by atoms with Crippen LogP contribution < -0.4 is 4.72 Å². The zero-order valence-corrected chi connectivity index (χ0v) is 13.3. The van der Waals surface area contributed by atoms with E-state index in [1.165, 1.54) is 10.6 Å². The van der Waals surface area contributed by atoms with Crippen molar-refractivity contribution >= 4 is 10.2 Å². The van der Waals surface area contributed by atoms with Crippen LogP contribution in [0.4, 0.5) is 0 Å². The lowest BCUT2D eigenvalue weighted by Gasteiger charge is -2.31. The zero-order chi connectivity index (χ0) is 15.5. The number of aliphatic hydroxyl groups excluding tert-OH is 1. The van der Waals surface area contributed by atoms with E-state index in [9.17, 15) is 13.5 Å². The summed E-state index contributed by atoms with van der Waals surface area (Å²) in [6.07, 6.45) is 4.31. The van der Waals surface area contributed by atoms with E-state index in [2.05, 4.69) is 21.8 Å². The molecule has 1 aromatic rings. The van der Waals surface area contributed by atoms with Gasteiger partial charge in [-0.05, 0) is 18.8 Å². The van der Waals surface area contributed by atoms with Crippen molar-refractivity contribution in [1.82, 2.24) is 23.8 Å². The molecule has 0 saturated carbocycles. The standard InChI is InChI=1S/C12H23N5O3S/c1-3-10-4-6-17(7-5-10)21(19,20)15-11(8-18)12-14-13-9-16(12)2/h9-11,15,18H,3-8H2,1-2H3. The highest BCUT2D eigenvalue weighted by Crippen LogP contribution is 2.22. The van der Waals surface area contributed by atoms with E-state index in [1.54, 1.807) is 11.6 Å². The summed E-state index contributed by atoms with van der Waals surface area (Å²) in [6.45, 7) is 2.80. The second kappa shape index (κ2) is 6.82. The van der Waals surface area contributed by atoms with Gasteiger partial charge in [-0.15, -0.1) is 10.2 Å². The van der Waals surface area contributed by atoms with Gasteiger partial charge in [0.05, 0.1) is 6.61 Å². The molecule has 1 aliphatic heterocycles. The summed E-state index contributed by atoms with van der Waals surface area (Å²) in [5, 5.41) is 17.0. The lowest BCUT2D eigenvalue weighted by molar-refractivity contribution is 0.239. The van der Waals surface area contributed by atoms with Crippen molar-refractivity contribution in [2.75, 3.05) is 19.7 Å². The molecule has 120 valence electrons. The summed E-state index contributed by atoms with van der Waals surface area (Å²) < 4.78 is 30.4. The van der Waals surface area contributed by atoms with Gasteiger partial charge in [0, 0.05) is 20.1 Å². The minimum Gasteiger partial charge on any atom is -0.394 e. The summed E-state index contributed by atoms with van der Waals surface area (Å²) in [7, 11) is -1.92. The molecule has 8 nitrogen and oxygen atoms in total. The number of rotatable bonds is 6. The SMILES string of the molecule is CCC1CCN(S(=O)(=O)NC(CO)c2nncn2C)CC1. The molecule has 1 saturated heterocycles. The average molecular weight is 317 g/mol. The number of hydrogen-bond acceptors (Lipinski definition) is 5. The number of nitrogens with zero attached hydrogens (tertiary/aromatic N) is 4. The van der Waals surface area contributed by atoms with Crippen LogP contribution in [0, 0.1) is 5.92 Å². The Bertz CT molecular complexity index is 551. The fraction of sp³-hybridized carbons (Fsp3) is 0.833. The quantitative estimate of drug-likeness (QED) is 0.757. The first-order valence-electron chi connectivity index (χ1n) is 7.20. The van der Waals surface area contributed by atoms with E-state index >= 15 is 0 Å². The summed E-state index contributed by atoms with van der Waals surface area (Å²) in [5.74, 6) is 0.994. The van der Waals surface area contributed by atoms with Crippen molar-refractivity contribution in [3.63, 3.8) is 0 Å². The van der Waals surface area contributed by atoms with Crippen LogP contribution in [0.2, 0.25) is 0 Å². The van der Waals surface area contributed by atoms with Crippen molar-refractivity contribution in [2.24, 2.45) is 13.0 Å². The first-order chi connectivity index (χ1) is 9.97. The molecule has 1 aliphatic rings. The predicted octanol–water partition coefficient (Wildman–Crippen LogP) is -0.195. The normalized spacial score (nSPS) is 19.8. The Labute approximate surface area is 125 Å². The Hall–Kier alpha value is -1.03. The fourth-order valence-corrected chi connectivity index (χ4v) is 3.97. The maximum Gasteiger partial charge on any atom is 0.280 e. The Morgan fingerprint density at radius 3 is 2.62 bits per heavy atom. The molecule has 1 fully saturated rings. The Morgan fingerprint density at radius 1 is 1.48 bits per heavy atom. The van der Waals surface area contributed by atoms with E-state index in [0.29, 0.717) is 24.8 Å². The van der Waals surface area contributed by atoms with Gasteiger partial charge in [0.25, 0.3) is 10.2 Å². The second-order valence-corrected chi connectivity index (χ2v) is 7.11. The van der Waals surface area contributed by atoms with Crippen LogP contribution in [0.3, 0.4) is 0 Å². The van der Waals surface area contributed by atoms with Gasteiger partial charge in [0.1, 0.15) is 12.4 Å². The number of hydrogen-bond donors (Lipinski definition) is 2. The maximum absolute atomic E-state index is 12.4. The molecule has 1 atom stereocenters. The van der Waals surface area contributed by atoms with Gasteiger partial charge in [-0.2, -0.15) is 17.4 Å². The molecule has 1 unspecified atom stereocenters. The highest BCUT2D eigenvalue weighted by molar-refractivity contribution is 7.87. The molecular formula is C12H23N5O3S. The van der Waals surface area contributed by atoms with E-state index in [0.717, 1.165) is 19.3 Å². The average Bonchev–Trinajstić information content (AvgIpc) is 2.91. The molecule has 0 amide bonds. The van der Waals surface area contributed by atoms with Gasteiger partial charge in [-0.25, -0.2) is 0 Å². The van der Waals surface area contributed by atoms with E-state index in [-0.39, 0.29) is 6.61 Å². The first kappa shape index (κ1) is 16.3. The van der Waals surface area contributed by atoms with Crippen molar-refractivity contribution in [2.45, 2.75) is 32.2 Å². The molecule has 2 N–H and O–H groups in total. The minimum atomic E-state index is -3.63. The number of nitrogens with one attached hydrogen (secondary N) is 1. The molecule has 0 bridgehead atoms. The molecule has 9 heteroatoms. The molecule has 2 heterocycles. The highest BCUT2D eigenvalue weighted by Gasteiger charge is 2.30. The van der Waals surface area contributed by atoms with Crippen LogP contribution in [0.25, 0.3) is 0 Å². The largest absolute Gasteiger partial charge is 0.394 e. The lowest BCUT2D eigenvalue weighted by Crippen LogP contribution is -2.47. The highest BCUT2D eigenvalue weighted by atomic mass is 32.2. The van der Waals surface area contributed by atoms with Gasteiger partial charge in [-0.1, -0.05) is 13.3 Å². The topological polar surface area (TPSA) is 100 Å². The van der Waals surface area contributed by atoms with Crippen LogP contribution >= 0.6 is 0 Å². The van der Waals surface area contributed by atoms with Gasteiger partial charge in [0.2, 0.25) is 0 Å². The lowest BCUT2D eigenvalue weighted by atomic mass is 9.96. The number of aromatic nitrogens is 3. The molecular weight excluding hydrogens is 294 g/mol. The monoisotopic (exact) mass is 317 g/mol. The third-order valence-electron chi connectivity index (χ3n) is 4.02. The molecule has 21 heavy (non-hydrogen) atoms. The van der Waals surface area contributed by atoms with Crippen molar-refractivity contribution < 1.29 is 13.5 Å². The maximum atomic E-state index is 12.4. The molecule has 0 radical (unpaired) electrons. The minimum absolute atomic E-state index is 0.364. The third kappa shape index (κ3) is 3.79. The van der Waals surface area contributed by atoms with Gasteiger partial charge >= 0.3 is 0 Å². The van der Waals surface area contributed by atoms with E-state index < -0.39 is 16.3 Å². The molecule has 0 aliphatic carbocycles. The van der Waals surface area contributed by atoms with Crippen LogP contribution in [-0.2, 0) is 17.3 Å².